The van der Waals surface area contributed by atoms with E-state index in [1.54, 1.807) is 7.11 Å². The van der Waals surface area contributed by atoms with Crippen LogP contribution in [0.15, 0.2) is 4.52 Å². The summed E-state index contributed by atoms with van der Waals surface area (Å²) in [7, 11) is 1.67. The van der Waals surface area contributed by atoms with Gasteiger partial charge in [0.1, 0.15) is 5.88 Å². The van der Waals surface area contributed by atoms with Crippen molar-refractivity contribution in [3.05, 3.63) is 11.7 Å². The Balaban J connectivity index is 2.31. The molecule has 0 spiro atoms. The molecule has 0 aromatic carbocycles. The summed E-state index contributed by atoms with van der Waals surface area (Å²) in [5.41, 5.74) is 0. The zero-order chi connectivity index (χ0) is 8.81. The minimum absolute atomic E-state index is 0.275. The Hall–Kier alpha value is -0.610. The van der Waals surface area contributed by atoms with E-state index in [0.717, 1.165) is 12.8 Å². The van der Waals surface area contributed by atoms with Gasteiger partial charge < -0.3 is 9.26 Å². The van der Waals surface area contributed by atoms with Crippen molar-refractivity contribution < 1.29 is 9.26 Å². The van der Waals surface area contributed by atoms with E-state index in [1.807, 2.05) is 0 Å². The van der Waals surface area contributed by atoms with Crippen LogP contribution in [0.25, 0.3) is 0 Å². The predicted octanol–water partition coefficient (Wildman–Crippen LogP) is 1.39. The van der Waals surface area contributed by atoms with Gasteiger partial charge in [-0.15, -0.1) is 11.6 Å². The molecule has 1 rings (SSSR count). The summed E-state index contributed by atoms with van der Waals surface area (Å²) in [5, 5.41) is 3.73. The fraction of sp³-hybridized carbons (Fsp3) is 0.714. The summed E-state index contributed by atoms with van der Waals surface area (Å²) in [5.74, 6) is 1.45. The molecule has 0 bridgehead atoms. The second-order valence-corrected chi connectivity index (χ2v) is 2.60. The summed E-state index contributed by atoms with van der Waals surface area (Å²) in [6, 6.07) is 0. The molecular formula is C7H11ClN2O2. The van der Waals surface area contributed by atoms with Crippen molar-refractivity contribution in [3.63, 3.8) is 0 Å². The molecule has 1 aromatic heterocycles. The number of halogens is 1. The highest BCUT2D eigenvalue weighted by molar-refractivity contribution is 6.16. The molecule has 68 valence electrons. The maximum atomic E-state index is 5.48. The molecule has 1 aromatic rings. The standard InChI is InChI=1S/C7H11ClN2O2/c1-11-4-2-3-6-9-7(5-8)12-10-6/h2-5H2,1H3. The number of aromatic nitrogens is 2. The number of ether oxygens (including phenoxy) is 1. The first-order valence-electron chi connectivity index (χ1n) is 3.73. The molecule has 0 saturated carbocycles. The lowest BCUT2D eigenvalue weighted by atomic mass is 10.3. The number of nitrogens with zero attached hydrogens (tertiary/aromatic N) is 2. The van der Waals surface area contributed by atoms with Crippen LogP contribution < -0.4 is 0 Å². The average molecular weight is 191 g/mol. The van der Waals surface area contributed by atoms with Gasteiger partial charge in [0.05, 0.1) is 0 Å². The van der Waals surface area contributed by atoms with Crippen molar-refractivity contribution in [2.75, 3.05) is 13.7 Å². The number of methoxy groups -OCH3 is 1. The third-order valence-electron chi connectivity index (χ3n) is 1.37. The van der Waals surface area contributed by atoms with Gasteiger partial charge in [0, 0.05) is 20.1 Å². The highest BCUT2D eigenvalue weighted by Gasteiger charge is 2.03. The van der Waals surface area contributed by atoms with Gasteiger partial charge in [0.25, 0.3) is 0 Å². The predicted molar refractivity (Wildman–Crippen MR) is 44.1 cm³/mol. The van der Waals surface area contributed by atoms with Gasteiger partial charge >= 0.3 is 0 Å². The van der Waals surface area contributed by atoms with E-state index in [4.69, 9.17) is 20.9 Å². The van der Waals surface area contributed by atoms with E-state index in [9.17, 15) is 0 Å². The smallest absolute Gasteiger partial charge is 0.241 e. The van der Waals surface area contributed by atoms with Gasteiger partial charge in [0.15, 0.2) is 5.82 Å². The zero-order valence-corrected chi connectivity index (χ0v) is 7.67. The minimum atomic E-state index is 0.275. The quantitative estimate of drug-likeness (QED) is 0.520. The number of rotatable bonds is 5. The highest BCUT2D eigenvalue weighted by Crippen LogP contribution is 2.02. The molecule has 0 aliphatic rings. The molecule has 0 unspecified atom stereocenters. The second kappa shape index (κ2) is 5.11. The molecule has 0 radical (unpaired) electrons. The van der Waals surface area contributed by atoms with Crippen LogP contribution in [0.3, 0.4) is 0 Å². The van der Waals surface area contributed by atoms with Gasteiger partial charge in [-0.1, -0.05) is 5.16 Å². The first-order chi connectivity index (χ1) is 5.86. The van der Waals surface area contributed by atoms with Crippen LogP contribution in [0.2, 0.25) is 0 Å². The lowest BCUT2D eigenvalue weighted by molar-refractivity contribution is 0.194. The summed E-state index contributed by atoms with van der Waals surface area (Å²) >= 11 is 5.48. The van der Waals surface area contributed by atoms with Crippen LogP contribution in [0, 0.1) is 0 Å². The van der Waals surface area contributed by atoms with E-state index in [-0.39, 0.29) is 5.88 Å². The van der Waals surface area contributed by atoms with Crippen LogP contribution in [-0.4, -0.2) is 23.9 Å². The Bertz CT molecular complexity index is 227. The Morgan fingerprint density at radius 2 is 2.42 bits per heavy atom. The van der Waals surface area contributed by atoms with E-state index >= 15 is 0 Å². The number of hydrogen-bond donors (Lipinski definition) is 0. The molecular weight excluding hydrogens is 180 g/mol. The van der Waals surface area contributed by atoms with Gasteiger partial charge in [-0.25, -0.2) is 0 Å². The Morgan fingerprint density at radius 1 is 1.58 bits per heavy atom. The molecule has 0 amide bonds. The summed E-state index contributed by atoms with van der Waals surface area (Å²) in [4.78, 5) is 4.04. The fourth-order valence-corrected chi connectivity index (χ4v) is 0.929. The SMILES string of the molecule is COCCCc1noc(CCl)n1. The Labute approximate surface area is 75.9 Å². The van der Waals surface area contributed by atoms with Crippen LogP contribution in [0.1, 0.15) is 18.1 Å². The van der Waals surface area contributed by atoms with E-state index in [2.05, 4.69) is 10.1 Å². The number of alkyl halides is 1. The van der Waals surface area contributed by atoms with Gasteiger partial charge in [-0.2, -0.15) is 4.98 Å². The summed E-state index contributed by atoms with van der Waals surface area (Å²) in [6.45, 7) is 0.713. The Kier molecular flexibility index (Phi) is 4.04. The average Bonchev–Trinajstić information content (AvgIpc) is 2.53. The van der Waals surface area contributed by atoms with Crippen molar-refractivity contribution in [3.8, 4) is 0 Å². The monoisotopic (exact) mass is 190 g/mol. The molecule has 0 fully saturated rings. The third kappa shape index (κ3) is 2.79. The number of aryl methyl sites for hydroxylation is 1. The first-order valence-corrected chi connectivity index (χ1v) is 4.26. The van der Waals surface area contributed by atoms with Crippen molar-refractivity contribution >= 4 is 11.6 Å². The fourth-order valence-electron chi connectivity index (χ4n) is 0.821. The molecule has 0 aliphatic heterocycles. The summed E-state index contributed by atoms with van der Waals surface area (Å²) < 4.78 is 9.70. The van der Waals surface area contributed by atoms with Gasteiger partial charge in [0.2, 0.25) is 5.89 Å². The van der Waals surface area contributed by atoms with Crippen LogP contribution in [0.4, 0.5) is 0 Å². The number of hydrogen-bond acceptors (Lipinski definition) is 4. The molecule has 1 heterocycles. The molecule has 5 heteroatoms. The van der Waals surface area contributed by atoms with E-state index < -0.39 is 0 Å². The maximum absolute atomic E-state index is 5.48. The molecule has 0 N–H and O–H groups in total. The highest BCUT2D eigenvalue weighted by atomic mass is 35.5. The second-order valence-electron chi connectivity index (χ2n) is 2.33. The van der Waals surface area contributed by atoms with Gasteiger partial charge in [-0.05, 0) is 6.42 Å². The zero-order valence-electron chi connectivity index (χ0n) is 6.92. The maximum Gasteiger partial charge on any atom is 0.241 e. The first kappa shape index (κ1) is 9.48. The summed E-state index contributed by atoms with van der Waals surface area (Å²) in [6.07, 6.45) is 1.67. The van der Waals surface area contributed by atoms with Crippen LogP contribution in [0.5, 0.6) is 0 Å². The van der Waals surface area contributed by atoms with Crippen molar-refractivity contribution in [2.24, 2.45) is 0 Å². The largest absolute Gasteiger partial charge is 0.385 e. The molecule has 0 atom stereocenters. The van der Waals surface area contributed by atoms with Crippen molar-refractivity contribution in [1.82, 2.24) is 10.1 Å². The van der Waals surface area contributed by atoms with Crippen molar-refractivity contribution in [1.29, 1.82) is 0 Å². The van der Waals surface area contributed by atoms with Gasteiger partial charge in [-0.3, -0.25) is 0 Å². The normalized spacial score (nSPS) is 10.5. The minimum Gasteiger partial charge on any atom is -0.385 e. The van der Waals surface area contributed by atoms with Crippen molar-refractivity contribution in [2.45, 2.75) is 18.7 Å². The van der Waals surface area contributed by atoms with Crippen LogP contribution in [-0.2, 0) is 17.0 Å². The topological polar surface area (TPSA) is 48.2 Å². The van der Waals surface area contributed by atoms with E-state index in [0.29, 0.717) is 18.3 Å². The molecule has 0 aliphatic carbocycles. The lowest BCUT2D eigenvalue weighted by Crippen LogP contribution is -1.94. The Morgan fingerprint density at radius 3 is 3.00 bits per heavy atom. The molecule has 12 heavy (non-hydrogen) atoms. The van der Waals surface area contributed by atoms with E-state index in [1.165, 1.54) is 0 Å². The molecule has 4 nitrogen and oxygen atoms in total. The van der Waals surface area contributed by atoms with Crippen LogP contribution >= 0.6 is 11.6 Å². The lowest BCUT2D eigenvalue weighted by Gasteiger charge is -1.92. The molecule has 0 saturated heterocycles. The third-order valence-corrected chi connectivity index (χ3v) is 1.60.